The molecular formula is C13H18BrNO3. The molecular weight excluding hydrogens is 298 g/mol. The van der Waals surface area contributed by atoms with E-state index < -0.39 is 0 Å². The van der Waals surface area contributed by atoms with E-state index in [2.05, 4.69) is 27.8 Å². The van der Waals surface area contributed by atoms with Crippen molar-refractivity contribution >= 4 is 15.9 Å². The summed E-state index contributed by atoms with van der Waals surface area (Å²) in [7, 11) is 4.86. The minimum Gasteiger partial charge on any atom is -0.496 e. The highest BCUT2D eigenvalue weighted by molar-refractivity contribution is 9.11. The molecule has 0 atom stereocenters. The van der Waals surface area contributed by atoms with Crippen LogP contribution >= 0.6 is 15.9 Å². The molecule has 100 valence electrons. The van der Waals surface area contributed by atoms with Crippen molar-refractivity contribution in [3.05, 3.63) is 28.8 Å². The zero-order valence-corrected chi connectivity index (χ0v) is 12.5. The second-order valence-electron chi connectivity index (χ2n) is 3.63. The quantitative estimate of drug-likeness (QED) is 0.840. The average Bonchev–Trinajstić information content (AvgIpc) is 2.37. The first-order valence-corrected chi connectivity index (χ1v) is 6.24. The Morgan fingerprint density at radius 3 is 2.11 bits per heavy atom. The predicted molar refractivity (Wildman–Crippen MR) is 75.9 cm³/mol. The SMILES string of the molecule is C=C(Br)CNCc1c(OC)cc(OC)cc1OC. The van der Waals surface area contributed by atoms with Crippen molar-refractivity contribution in [2.75, 3.05) is 27.9 Å². The molecule has 1 aromatic rings. The number of hydrogen-bond acceptors (Lipinski definition) is 4. The van der Waals surface area contributed by atoms with Crippen molar-refractivity contribution in [3.63, 3.8) is 0 Å². The Morgan fingerprint density at radius 2 is 1.72 bits per heavy atom. The van der Waals surface area contributed by atoms with Crippen LogP contribution in [0.25, 0.3) is 0 Å². The van der Waals surface area contributed by atoms with Crippen LogP contribution in [0.4, 0.5) is 0 Å². The van der Waals surface area contributed by atoms with Gasteiger partial charge >= 0.3 is 0 Å². The molecule has 0 bridgehead atoms. The fraction of sp³-hybridized carbons (Fsp3) is 0.385. The summed E-state index contributed by atoms with van der Waals surface area (Å²) in [5.41, 5.74) is 0.953. The molecule has 0 unspecified atom stereocenters. The lowest BCUT2D eigenvalue weighted by Crippen LogP contribution is -2.15. The van der Waals surface area contributed by atoms with Gasteiger partial charge in [-0.2, -0.15) is 0 Å². The van der Waals surface area contributed by atoms with E-state index in [1.165, 1.54) is 0 Å². The highest BCUT2D eigenvalue weighted by atomic mass is 79.9. The van der Waals surface area contributed by atoms with Gasteiger partial charge in [0.15, 0.2) is 0 Å². The van der Waals surface area contributed by atoms with Gasteiger partial charge in [-0.25, -0.2) is 0 Å². The molecule has 0 aliphatic rings. The summed E-state index contributed by atoms with van der Waals surface area (Å²) in [6.45, 7) is 5.08. The maximum absolute atomic E-state index is 5.35. The number of methoxy groups -OCH3 is 3. The van der Waals surface area contributed by atoms with Gasteiger partial charge in [0, 0.05) is 29.7 Å². The van der Waals surface area contributed by atoms with E-state index in [0.717, 1.165) is 21.5 Å². The predicted octanol–water partition coefficient (Wildman–Crippen LogP) is 2.71. The molecule has 1 aromatic carbocycles. The summed E-state index contributed by atoms with van der Waals surface area (Å²) in [4.78, 5) is 0. The Bertz CT molecular complexity index is 396. The van der Waals surface area contributed by atoms with Gasteiger partial charge in [-0.1, -0.05) is 22.5 Å². The smallest absolute Gasteiger partial charge is 0.130 e. The van der Waals surface area contributed by atoms with Gasteiger partial charge in [0.25, 0.3) is 0 Å². The Hall–Kier alpha value is -1.20. The lowest BCUT2D eigenvalue weighted by molar-refractivity contribution is 0.367. The van der Waals surface area contributed by atoms with Crippen molar-refractivity contribution in [1.82, 2.24) is 5.32 Å². The molecule has 0 amide bonds. The van der Waals surface area contributed by atoms with E-state index >= 15 is 0 Å². The molecule has 0 radical (unpaired) electrons. The molecule has 1 rings (SSSR count). The molecule has 4 nitrogen and oxygen atoms in total. The Morgan fingerprint density at radius 1 is 1.17 bits per heavy atom. The normalized spacial score (nSPS) is 10.0. The summed E-state index contributed by atoms with van der Waals surface area (Å²) < 4.78 is 16.8. The van der Waals surface area contributed by atoms with Crippen LogP contribution in [-0.4, -0.2) is 27.9 Å². The fourth-order valence-electron chi connectivity index (χ4n) is 1.58. The van der Waals surface area contributed by atoms with E-state index in [9.17, 15) is 0 Å². The zero-order chi connectivity index (χ0) is 13.5. The molecule has 0 spiro atoms. The van der Waals surface area contributed by atoms with Crippen LogP contribution in [0.2, 0.25) is 0 Å². The van der Waals surface area contributed by atoms with Gasteiger partial charge in [0.05, 0.1) is 26.9 Å². The maximum atomic E-state index is 5.35. The molecule has 0 fully saturated rings. The summed E-state index contributed by atoms with van der Waals surface area (Å²) >= 11 is 3.30. The van der Waals surface area contributed by atoms with Gasteiger partial charge in [0.1, 0.15) is 17.2 Å². The molecule has 1 N–H and O–H groups in total. The number of ether oxygens (including phenoxy) is 3. The second-order valence-corrected chi connectivity index (χ2v) is 4.75. The van der Waals surface area contributed by atoms with Crippen LogP contribution < -0.4 is 19.5 Å². The lowest BCUT2D eigenvalue weighted by Gasteiger charge is -2.15. The number of halogens is 1. The zero-order valence-electron chi connectivity index (χ0n) is 10.9. The summed E-state index contributed by atoms with van der Waals surface area (Å²) in [6.07, 6.45) is 0. The molecule has 0 saturated heterocycles. The van der Waals surface area contributed by atoms with Crippen molar-refractivity contribution in [2.24, 2.45) is 0 Å². The Labute approximate surface area is 116 Å². The summed E-state index contributed by atoms with van der Waals surface area (Å²) in [6, 6.07) is 3.67. The van der Waals surface area contributed by atoms with Gasteiger partial charge in [0.2, 0.25) is 0 Å². The Balaban J connectivity index is 2.95. The van der Waals surface area contributed by atoms with Crippen molar-refractivity contribution in [3.8, 4) is 17.2 Å². The maximum Gasteiger partial charge on any atom is 0.130 e. The third-order valence-electron chi connectivity index (χ3n) is 2.44. The van der Waals surface area contributed by atoms with Crippen molar-refractivity contribution in [1.29, 1.82) is 0 Å². The number of rotatable bonds is 7. The summed E-state index contributed by atoms with van der Waals surface area (Å²) in [5.74, 6) is 2.18. The molecule has 0 aliphatic carbocycles. The number of nitrogens with one attached hydrogen (secondary N) is 1. The number of hydrogen-bond donors (Lipinski definition) is 1. The third kappa shape index (κ3) is 3.92. The van der Waals surface area contributed by atoms with Crippen LogP contribution in [-0.2, 0) is 6.54 Å². The highest BCUT2D eigenvalue weighted by Crippen LogP contribution is 2.33. The highest BCUT2D eigenvalue weighted by Gasteiger charge is 2.12. The minimum atomic E-state index is 0.626. The fourth-order valence-corrected chi connectivity index (χ4v) is 1.77. The van der Waals surface area contributed by atoms with Gasteiger partial charge in [-0.3, -0.25) is 0 Å². The molecule has 0 aliphatic heterocycles. The first-order valence-electron chi connectivity index (χ1n) is 5.45. The van der Waals surface area contributed by atoms with Crippen molar-refractivity contribution < 1.29 is 14.2 Å². The standard InChI is InChI=1S/C13H18BrNO3/c1-9(14)7-15-8-11-12(17-3)5-10(16-2)6-13(11)18-4/h5-6,15H,1,7-8H2,2-4H3. The van der Waals surface area contributed by atoms with Gasteiger partial charge in [-0.05, 0) is 0 Å². The van der Waals surface area contributed by atoms with E-state index in [1.54, 1.807) is 21.3 Å². The summed E-state index contributed by atoms with van der Waals surface area (Å²) in [5, 5.41) is 3.24. The molecule has 0 aromatic heterocycles. The van der Waals surface area contributed by atoms with Crippen LogP contribution in [0, 0.1) is 0 Å². The monoisotopic (exact) mass is 315 g/mol. The first-order chi connectivity index (χ1) is 8.62. The first kappa shape index (κ1) is 14.9. The van der Waals surface area contributed by atoms with E-state index in [0.29, 0.717) is 18.8 Å². The Kier molecular flexibility index (Phi) is 6.01. The third-order valence-corrected chi connectivity index (χ3v) is 2.72. The minimum absolute atomic E-state index is 0.626. The van der Waals surface area contributed by atoms with Gasteiger partial charge < -0.3 is 19.5 Å². The second kappa shape index (κ2) is 7.28. The van der Waals surface area contributed by atoms with E-state index in [4.69, 9.17) is 14.2 Å². The van der Waals surface area contributed by atoms with Gasteiger partial charge in [-0.15, -0.1) is 0 Å². The van der Waals surface area contributed by atoms with Crippen LogP contribution in [0.15, 0.2) is 23.2 Å². The molecule has 0 saturated carbocycles. The van der Waals surface area contributed by atoms with Crippen LogP contribution in [0.3, 0.4) is 0 Å². The topological polar surface area (TPSA) is 39.7 Å². The number of benzene rings is 1. The molecule has 18 heavy (non-hydrogen) atoms. The van der Waals surface area contributed by atoms with E-state index in [1.807, 2.05) is 12.1 Å². The van der Waals surface area contributed by atoms with Crippen molar-refractivity contribution in [2.45, 2.75) is 6.54 Å². The average molecular weight is 316 g/mol. The van der Waals surface area contributed by atoms with Crippen LogP contribution in [0.5, 0.6) is 17.2 Å². The van der Waals surface area contributed by atoms with Crippen LogP contribution in [0.1, 0.15) is 5.56 Å². The van der Waals surface area contributed by atoms with E-state index in [-0.39, 0.29) is 0 Å². The largest absolute Gasteiger partial charge is 0.496 e. The molecule has 0 heterocycles. The molecule has 5 heteroatoms. The lowest BCUT2D eigenvalue weighted by atomic mass is 10.1.